The molecule has 0 unspecified atom stereocenters. The Bertz CT molecular complexity index is 437. The second kappa shape index (κ2) is 7.78. The van der Waals surface area contributed by atoms with E-state index in [1.165, 1.54) is 0 Å². The number of halogens is 1. The standard InChI is InChI=1S/C14H20ClNO2S/c1-10(2)9-16(6-7-18-3)14(17)12-8-11(19)4-5-13(12)15/h4-5,8,10,19H,6-7,9H2,1-3H3. The lowest BCUT2D eigenvalue weighted by atomic mass is 10.1. The van der Waals surface area contributed by atoms with Gasteiger partial charge in [-0.1, -0.05) is 25.4 Å². The van der Waals surface area contributed by atoms with Crippen LogP contribution in [-0.2, 0) is 4.74 Å². The third-order valence-corrected chi connectivity index (χ3v) is 3.23. The van der Waals surface area contributed by atoms with Crippen LogP contribution in [0.5, 0.6) is 0 Å². The van der Waals surface area contributed by atoms with Crippen LogP contribution in [0.2, 0.25) is 5.02 Å². The predicted molar refractivity (Wildman–Crippen MR) is 81.3 cm³/mol. The summed E-state index contributed by atoms with van der Waals surface area (Å²) in [7, 11) is 1.62. The van der Waals surface area contributed by atoms with Gasteiger partial charge in [0, 0.05) is 25.1 Å². The highest BCUT2D eigenvalue weighted by atomic mass is 35.5. The molecule has 1 aromatic carbocycles. The van der Waals surface area contributed by atoms with Gasteiger partial charge in [0.05, 0.1) is 17.2 Å². The lowest BCUT2D eigenvalue weighted by Gasteiger charge is -2.25. The molecule has 0 N–H and O–H groups in total. The van der Waals surface area contributed by atoms with E-state index in [9.17, 15) is 4.79 Å². The number of rotatable bonds is 6. The highest BCUT2D eigenvalue weighted by Gasteiger charge is 2.19. The van der Waals surface area contributed by atoms with Crippen LogP contribution in [0.25, 0.3) is 0 Å². The molecular formula is C14H20ClNO2S. The van der Waals surface area contributed by atoms with Gasteiger partial charge in [0.25, 0.3) is 5.91 Å². The van der Waals surface area contributed by atoms with Gasteiger partial charge in [-0.3, -0.25) is 4.79 Å². The highest BCUT2D eigenvalue weighted by molar-refractivity contribution is 7.80. The molecule has 0 heterocycles. The highest BCUT2D eigenvalue weighted by Crippen LogP contribution is 2.21. The smallest absolute Gasteiger partial charge is 0.255 e. The van der Waals surface area contributed by atoms with E-state index in [1.807, 2.05) is 0 Å². The molecule has 0 spiro atoms. The number of carbonyl (C=O) groups excluding carboxylic acids is 1. The zero-order valence-corrected chi connectivity index (χ0v) is 13.2. The molecule has 0 radical (unpaired) electrons. The Kier molecular flexibility index (Phi) is 6.69. The van der Waals surface area contributed by atoms with Crippen molar-refractivity contribution in [3.63, 3.8) is 0 Å². The molecule has 0 bridgehead atoms. The van der Waals surface area contributed by atoms with Crippen LogP contribution >= 0.6 is 24.2 Å². The van der Waals surface area contributed by atoms with Gasteiger partial charge >= 0.3 is 0 Å². The summed E-state index contributed by atoms with van der Waals surface area (Å²) in [5.41, 5.74) is 0.492. The van der Waals surface area contributed by atoms with E-state index in [4.69, 9.17) is 16.3 Å². The van der Waals surface area contributed by atoms with E-state index in [0.29, 0.717) is 36.2 Å². The summed E-state index contributed by atoms with van der Waals surface area (Å²) in [6.45, 7) is 5.89. The molecule has 3 nitrogen and oxygen atoms in total. The minimum Gasteiger partial charge on any atom is -0.383 e. The van der Waals surface area contributed by atoms with Gasteiger partial charge in [0.2, 0.25) is 0 Å². The van der Waals surface area contributed by atoms with E-state index in [-0.39, 0.29) is 5.91 Å². The van der Waals surface area contributed by atoms with Crippen LogP contribution in [0.1, 0.15) is 24.2 Å². The Balaban J connectivity index is 2.93. The van der Waals surface area contributed by atoms with E-state index in [2.05, 4.69) is 26.5 Å². The van der Waals surface area contributed by atoms with Crippen LogP contribution in [0.15, 0.2) is 23.1 Å². The van der Waals surface area contributed by atoms with Gasteiger partial charge in [-0.15, -0.1) is 12.6 Å². The Morgan fingerprint density at radius 2 is 2.16 bits per heavy atom. The van der Waals surface area contributed by atoms with Gasteiger partial charge < -0.3 is 9.64 Å². The lowest BCUT2D eigenvalue weighted by molar-refractivity contribution is 0.0672. The lowest BCUT2D eigenvalue weighted by Crippen LogP contribution is -2.36. The molecule has 19 heavy (non-hydrogen) atoms. The molecule has 0 aliphatic heterocycles. The Morgan fingerprint density at radius 3 is 2.74 bits per heavy atom. The topological polar surface area (TPSA) is 29.5 Å². The van der Waals surface area contributed by atoms with Crippen molar-refractivity contribution in [2.45, 2.75) is 18.7 Å². The molecule has 1 aromatic rings. The van der Waals surface area contributed by atoms with E-state index < -0.39 is 0 Å². The van der Waals surface area contributed by atoms with Crippen molar-refractivity contribution in [3.8, 4) is 0 Å². The predicted octanol–water partition coefficient (Wildman–Crippen LogP) is 3.37. The number of hydrogen-bond donors (Lipinski definition) is 1. The van der Waals surface area contributed by atoms with Crippen LogP contribution < -0.4 is 0 Å². The van der Waals surface area contributed by atoms with E-state index in [1.54, 1.807) is 30.2 Å². The van der Waals surface area contributed by atoms with Crippen molar-refractivity contribution >= 4 is 30.1 Å². The Labute approximate surface area is 125 Å². The zero-order chi connectivity index (χ0) is 14.4. The molecule has 0 fully saturated rings. The third-order valence-electron chi connectivity index (χ3n) is 2.62. The molecule has 5 heteroatoms. The van der Waals surface area contributed by atoms with Gasteiger partial charge in [-0.05, 0) is 24.1 Å². The van der Waals surface area contributed by atoms with Crippen molar-refractivity contribution in [3.05, 3.63) is 28.8 Å². The first-order chi connectivity index (χ1) is 8.95. The fourth-order valence-electron chi connectivity index (χ4n) is 1.77. The first-order valence-electron chi connectivity index (χ1n) is 6.22. The van der Waals surface area contributed by atoms with Crippen molar-refractivity contribution in [2.75, 3.05) is 26.8 Å². The summed E-state index contributed by atoms with van der Waals surface area (Å²) in [4.78, 5) is 15.0. The average Bonchev–Trinajstić information content (AvgIpc) is 2.36. The van der Waals surface area contributed by atoms with Crippen LogP contribution in [0.4, 0.5) is 0 Å². The number of thiol groups is 1. The second-order valence-electron chi connectivity index (χ2n) is 4.80. The molecule has 1 amide bonds. The second-order valence-corrected chi connectivity index (χ2v) is 5.73. The Hall–Kier alpha value is -0.710. The molecule has 1 rings (SSSR count). The van der Waals surface area contributed by atoms with Crippen molar-refractivity contribution in [2.24, 2.45) is 5.92 Å². The maximum Gasteiger partial charge on any atom is 0.255 e. The zero-order valence-electron chi connectivity index (χ0n) is 11.5. The Morgan fingerprint density at radius 1 is 1.47 bits per heavy atom. The number of hydrogen-bond acceptors (Lipinski definition) is 3. The van der Waals surface area contributed by atoms with E-state index in [0.717, 1.165) is 4.90 Å². The van der Waals surface area contributed by atoms with Gasteiger partial charge in [0.15, 0.2) is 0 Å². The first kappa shape index (κ1) is 16.3. The SMILES string of the molecule is COCCN(CC(C)C)C(=O)c1cc(S)ccc1Cl. The molecular weight excluding hydrogens is 282 g/mol. The molecule has 0 aromatic heterocycles. The van der Waals surface area contributed by atoms with Gasteiger partial charge in [0.1, 0.15) is 0 Å². The fourth-order valence-corrected chi connectivity index (χ4v) is 2.17. The molecule has 0 aliphatic rings. The summed E-state index contributed by atoms with van der Waals surface area (Å²) in [6, 6.07) is 5.17. The summed E-state index contributed by atoms with van der Waals surface area (Å²) in [5.74, 6) is 0.311. The number of carbonyl (C=O) groups is 1. The minimum atomic E-state index is -0.0772. The number of methoxy groups -OCH3 is 1. The monoisotopic (exact) mass is 301 g/mol. The van der Waals surface area contributed by atoms with Crippen molar-refractivity contribution in [1.29, 1.82) is 0 Å². The number of nitrogens with zero attached hydrogens (tertiary/aromatic N) is 1. The molecule has 106 valence electrons. The van der Waals surface area contributed by atoms with Gasteiger partial charge in [-0.2, -0.15) is 0 Å². The molecule has 0 saturated carbocycles. The van der Waals surface area contributed by atoms with Crippen LogP contribution in [0, 0.1) is 5.92 Å². The van der Waals surface area contributed by atoms with Crippen molar-refractivity contribution < 1.29 is 9.53 Å². The third kappa shape index (κ3) is 5.05. The normalized spacial score (nSPS) is 10.8. The first-order valence-corrected chi connectivity index (χ1v) is 7.05. The summed E-state index contributed by atoms with van der Waals surface area (Å²) in [6.07, 6.45) is 0. The maximum atomic E-state index is 12.5. The van der Waals surface area contributed by atoms with Gasteiger partial charge in [-0.25, -0.2) is 0 Å². The van der Waals surface area contributed by atoms with Crippen molar-refractivity contribution in [1.82, 2.24) is 4.90 Å². The fraction of sp³-hybridized carbons (Fsp3) is 0.500. The summed E-state index contributed by atoms with van der Waals surface area (Å²) < 4.78 is 5.05. The minimum absolute atomic E-state index is 0.0772. The quantitative estimate of drug-likeness (QED) is 0.816. The average molecular weight is 302 g/mol. The number of ether oxygens (including phenoxy) is 1. The molecule has 0 aliphatic carbocycles. The van der Waals surface area contributed by atoms with E-state index >= 15 is 0 Å². The van der Waals surface area contributed by atoms with Crippen LogP contribution in [0.3, 0.4) is 0 Å². The van der Waals surface area contributed by atoms with Crippen LogP contribution in [-0.4, -0.2) is 37.6 Å². The molecule has 0 atom stereocenters. The largest absolute Gasteiger partial charge is 0.383 e. The maximum absolute atomic E-state index is 12.5. The summed E-state index contributed by atoms with van der Waals surface area (Å²) in [5, 5.41) is 0.453. The number of benzene rings is 1. The summed E-state index contributed by atoms with van der Waals surface area (Å²) >= 11 is 10.3. The number of amides is 1. The molecule has 0 saturated heterocycles.